The van der Waals surface area contributed by atoms with Gasteiger partial charge in [-0.05, 0) is 42.7 Å². The van der Waals surface area contributed by atoms with Crippen LogP contribution < -0.4 is 4.72 Å². The highest BCUT2D eigenvalue weighted by Gasteiger charge is 2.65. The van der Waals surface area contributed by atoms with Crippen molar-refractivity contribution in [3.05, 3.63) is 29.8 Å². The molecule has 22 heavy (non-hydrogen) atoms. The van der Waals surface area contributed by atoms with Gasteiger partial charge in [-0.2, -0.15) is 0 Å². The molecule has 2 fully saturated rings. The lowest BCUT2D eigenvalue weighted by molar-refractivity contribution is -0.128. The van der Waals surface area contributed by atoms with Gasteiger partial charge in [-0.3, -0.25) is 9.52 Å². The number of aryl methyl sites for hydroxylation is 1. The minimum Gasteiger partial charge on any atom is -0.299 e. The molecule has 5 heteroatoms. The summed E-state index contributed by atoms with van der Waals surface area (Å²) >= 11 is 0. The van der Waals surface area contributed by atoms with Crippen LogP contribution in [-0.4, -0.2) is 20.0 Å². The zero-order chi connectivity index (χ0) is 16.2. The van der Waals surface area contributed by atoms with Crippen molar-refractivity contribution in [2.45, 2.75) is 40.0 Å². The van der Waals surface area contributed by atoms with Gasteiger partial charge in [0.25, 0.3) is 0 Å². The average molecular weight is 321 g/mol. The molecule has 1 aromatic rings. The van der Waals surface area contributed by atoms with Crippen molar-refractivity contribution in [2.24, 2.45) is 16.7 Å². The van der Waals surface area contributed by atoms with E-state index in [-0.39, 0.29) is 17.0 Å². The van der Waals surface area contributed by atoms with Crippen LogP contribution >= 0.6 is 0 Å². The summed E-state index contributed by atoms with van der Waals surface area (Å²) < 4.78 is 28.0. The van der Waals surface area contributed by atoms with Crippen molar-refractivity contribution in [1.82, 2.24) is 0 Å². The van der Waals surface area contributed by atoms with Crippen LogP contribution in [0.2, 0.25) is 0 Å². The number of hydrogen-bond donors (Lipinski definition) is 1. The molecule has 0 amide bonds. The number of carbonyl (C=O) groups is 1. The van der Waals surface area contributed by atoms with Crippen molar-refractivity contribution >= 4 is 21.5 Å². The topological polar surface area (TPSA) is 63.2 Å². The predicted molar refractivity (Wildman–Crippen MR) is 87.2 cm³/mol. The molecule has 0 spiro atoms. The van der Waals surface area contributed by atoms with Crippen molar-refractivity contribution in [3.8, 4) is 0 Å². The SMILES string of the molecule is Cc1ccccc1NS(=O)(=O)C[C@@]12CC[C@H](CC1=O)C2(C)C. The van der Waals surface area contributed by atoms with Gasteiger partial charge in [0.2, 0.25) is 10.0 Å². The minimum atomic E-state index is -3.56. The molecule has 2 atom stereocenters. The maximum absolute atomic E-state index is 12.7. The first kappa shape index (κ1) is 15.5. The fourth-order valence-corrected chi connectivity index (χ4v) is 6.29. The molecule has 2 aliphatic carbocycles. The minimum absolute atomic E-state index is 0.101. The Labute approximate surface area is 132 Å². The molecule has 1 N–H and O–H groups in total. The third kappa shape index (κ3) is 2.18. The van der Waals surface area contributed by atoms with Gasteiger partial charge in [0.15, 0.2) is 0 Å². The highest BCUT2D eigenvalue weighted by atomic mass is 32.2. The Kier molecular flexibility index (Phi) is 3.40. The zero-order valence-electron chi connectivity index (χ0n) is 13.3. The van der Waals surface area contributed by atoms with Gasteiger partial charge < -0.3 is 0 Å². The standard InChI is InChI=1S/C17H23NO3S/c1-12-6-4-5-7-14(12)18-22(20,21)11-17-9-8-13(10-15(17)19)16(17,2)3/h4-7,13,18H,8-11H2,1-3H3/t13-,17+/m1/s1. The molecule has 0 saturated heterocycles. The van der Waals surface area contributed by atoms with Crippen LogP contribution in [0.3, 0.4) is 0 Å². The molecule has 1 aromatic carbocycles. The lowest BCUT2D eigenvalue weighted by atomic mass is 9.70. The van der Waals surface area contributed by atoms with E-state index in [1.54, 1.807) is 12.1 Å². The van der Waals surface area contributed by atoms with E-state index < -0.39 is 15.4 Å². The molecular weight excluding hydrogens is 298 g/mol. The molecule has 2 bridgehead atoms. The number of sulfonamides is 1. The van der Waals surface area contributed by atoms with Gasteiger partial charge in [-0.1, -0.05) is 32.0 Å². The van der Waals surface area contributed by atoms with Crippen LogP contribution in [0.15, 0.2) is 24.3 Å². The summed E-state index contributed by atoms with van der Waals surface area (Å²) in [7, 11) is -3.56. The van der Waals surface area contributed by atoms with Crippen LogP contribution in [-0.2, 0) is 14.8 Å². The van der Waals surface area contributed by atoms with Gasteiger partial charge in [0.1, 0.15) is 5.78 Å². The monoisotopic (exact) mass is 321 g/mol. The second kappa shape index (κ2) is 4.82. The Morgan fingerprint density at radius 2 is 1.95 bits per heavy atom. The number of Topliss-reactive ketones (excluding diaryl/α,β-unsaturated/α-hetero) is 1. The number of rotatable bonds is 4. The molecule has 0 heterocycles. The zero-order valence-corrected chi connectivity index (χ0v) is 14.2. The second-order valence-corrected chi connectivity index (χ2v) is 9.07. The maximum Gasteiger partial charge on any atom is 0.233 e. The molecule has 2 saturated carbocycles. The van der Waals surface area contributed by atoms with Gasteiger partial charge in [0, 0.05) is 6.42 Å². The van der Waals surface area contributed by atoms with E-state index in [1.165, 1.54) is 0 Å². The largest absolute Gasteiger partial charge is 0.299 e. The lowest BCUT2D eigenvalue weighted by Crippen LogP contribution is -2.43. The number of benzene rings is 1. The van der Waals surface area contributed by atoms with Crippen molar-refractivity contribution in [1.29, 1.82) is 0 Å². The third-order valence-corrected chi connectivity index (χ3v) is 7.39. The molecule has 0 aliphatic heterocycles. The number of hydrogen-bond acceptors (Lipinski definition) is 3. The molecule has 4 nitrogen and oxygen atoms in total. The Bertz CT molecular complexity index is 723. The van der Waals surface area contributed by atoms with Gasteiger partial charge in [0.05, 0.1) is 16.9 Å². The predicted octanol–water partition coefficient (Wildman–Crippen LogP) is 3.13. The number of nitrogens with one attached hydrogen (secondary N) is 1. The molecule has 0 aromatic heterocycles. The highest BCUT2D eigenvalue weighted by Crippen LogP contribution is 2.64. The van der Waals surface area contributed by atoms with Crippen LogP contribution in [0.4, 0.5) is 5.69 Å². The Morgan fingerprint density at radius 1 is 1.27 bits per heavy atom. The fraction of sp³-hybridized carbons (Fsp3) is 0.588. The Morgan fingerprint density at radius 3 is 2.50 bits per heavy atom. The number of fused-ring (bicyclic) bond motifs is 2. The highest BCUT2D eigenvalue weighted by molar-refractivity contribution is 7.92. The van der Waals surface area contributed by atoms with Crippen molar-refractivity contribution in [2.75, 3.05) is 10.5 Å². The lowest BCUT2D eigenvalue weighted by Gasteiger charge is -2.36. The van der Waals surface area contributed by atoms with Crippen LogP contribution in [0, 0.1) is 23.7 Å². The summed E-state index contributed by atoms with van der Waals surface area (Å²) in [4.78, 5) is 12.5. The molecule has 0 unspecified atom stereocenters. The van der Waals surface area contributed by atoms with Crippen LogP contribution in [0.1, 0.15) is 38.7 Å². The molecule has 120 valence electrons. The first-order valence-electron chi connectivity index (χ1n) is 7.77. The molecule has 3 rings (SSSR count). The summed E-state index contributed by atoms with van der Waals surface area (Å²) in [6.45, 7) is 5.98. The average Bonchev–Trinajstić information content (AvgIpc) is 2.74. The van der Waals surface area contributed by atoms with Gasteiger partial charge in [-0.25, -0.2) is 8.42 Å². The van der Waals surface area contributed by atoms with Crippen molar-refractivity contribution < 1.29 is 13.2 Å². The van der Waals surface area contributed by atoms with E-state index in [2.05, 4.69) is 18.6 Å². The maximum atomic E-state index is 12.7. The normalized spacial score (nSPS) is 29.8. The molecule has 0 radical (unpaired) electrons. The molecule has 2 aliphatic rings. The first-order chi connectivity index (χ1) is 10.2. The Hall–Kier alpha value is -1.36. The smallest absolute Gasteiger partial charge is 0.233 e. The summed E-state index contributed by atoms with van der Waals surface area (Å²) in [5.74, 6) is 0.356. The van der Waals surface area contributed by atoms with E-state index in [1.807, 2.05) is 19.1 Å². The van der Waals surface area contributed by atoms with E-state index >= 15 is 0 Å². The quantitative estimate of drug-likeness (QED) is 0.926. The summed E-state index contributed by atoms with van der Waals surface area (Å²) in [6.07, 6.45) is 2.18. The second-order valence-electron chi connectivity index (χ2n) is 7.34. The summed E-state index contributed by atoms with van der Waals surface area (Å²) in [5.41, 5.74) is 0.526. The molecular formula is C17H23NO3S. The van der Waals surface area contributed by atoms with Gasteiger partial charge in [-0.15, -0.1) is 0 Å². The van der Waals surface area contributed by atoms with Crippen molar-refractivity contribution in [3.63, 3.8) is 0 Å². The van der Waals surface area contributed by atoms with E-state index in [4.69, 9.17) is 0 Å². The summed E-state index contributed by atoms with van der Waals surface area (Å²) in [5, 5.41) is 0. The summed E-state index contributed by atoms with van der Waals surface area (Å²) in [6, 6.07) is 7.30. The third-order valence-electron chi connectivity index (χ3n) is 5.99. The fourth-order valence-electron chi connectivity index (χ4n) is 4.32. The first-order valence-corrected chi connectivity index (χ1v) is 9.43. The van der Waals surface area contributed by atoms with E-state index in [9.17, 15) is 13.2 Å². The van der Waals surface area contributed by atoms with E-state index in [0.717, 1.165) is 12.0 Å². The number of carbonyl (C=O) groups excluding carboxylic acids is 1. The van der Waals surface area contributed by atoms with Crippen LogP contribution in [0.25, 0.3) is 0 Å². The number of anilines is 1. The van der Waals surface area contributed by atoms with E-state index in [0.29, 0.717) is 24.4 Å². The van der Waals surface area contributed by atoms with Crippen LogP contribution in [0.5, 0.6) is 0 Å². The van der Waals surface area contributed by atoms with Gasteiger partial charge >= 0.3 is 0 Å². The number of para-hydroxylation sites is 1. The number of ketones is 1. The Balaban J connectivity index is 1.89.